The Balaban J connectivity index is 1.69. The van der Waals surface area contributed by atoms with Crippen molar-refractivity contribution in [3.05, 3.63) is 24.3 Å². The molecule has 2 N–H and O–H groups in total. The summed E-state index contributed by atoms with van der Waals surface area (Å²) in [6.45, 7) is 12.6. The van der Waals surface area contributed by atoms with Gasteiger partial charge in [-0.3, -0.25) is 4.79 Å². The number of ether oxygens (including phenoxy) is 10. The fraction of sp³-hybridized carbons (Fsp3) is 0.781. The third-order valence-electron chi connectivity index (χ3n) is 6.21. The number of esters is 1. The van der Waals surface area contributed by atoms with Gasteiger partial charge in [0.15, 0.2) is 0 Å². The largest absolute Gasteiger partial charge is 0.489 e. The number of nitrogens with two attached hydrogens (primary N) is 1. The number of carbonyl (C=O) groups is 1. The Morgan fingerprint density at radius 1 is 0.591 bits per heavy atom. The van der Waals surface area contributed by atoms with E-state index in [4.69, 9.17) is 53.1 Å². The van der Waals surface area contributed by atoms with E-state index in [1.54, 1.807) is 6.07 Å². The van der Waals surface area contributed by atoms with Crippen LogP contribution >= 0.6 is 0 Å². The SMILES string of the molecule is CCCCC(CC)C(=O)OCCOCCOCCOCCOCCOCCOCCOCCOCCOc1ccccc1N. The fourth-order valence-corrected chi connectivity index (χ4v) is 3.72. The van der Waals surface area contributed by atoms with Crippen molar-refractivity contribution in [2.24, 2.45) is 5.92 Å². The van der Waals surface area contributed by atoms with Gasteiger partial charge >= 0.3 is 5.97 Å². The summed E-state index contributed by atoms with van der Waals surface area (Å²) in [4.78, 5) is 12.0. The Labute approximate surface area is 264 Å². The van der Waals surface area contributed by atoms with E-state index in [-0.39, 0.29) is 18.5 Å². The Kier molecular flexibility index (Phi) is 28.2. The molecule has 0 saturated carbocycles. The summed E-state index contributed by atoms with van der Waals surface area (Å²) in [5.41, 5.74) is 6.43. The second kappa shape index (κ2) is 31.0. The molecule has 0 radical (unpaired) electrons. The van der Waals surface area contributed by atoms with Crippen LogP contribution in [0, 0.1) is 5.92 Å². The average molecular weight is 632 g/mol. The summed E-state index contributed by atoms with van der Waals surface area (Å²) in [5, 5.41) is 0. The molecule has 256 valence electrons. The van der Waals surface area contributed by atoms with Gasteiger partial charge in [0.05, 0.1) is 117 Å². The van der Waals surface area contributed by atoms with Crippen LogP contribution in [0.25, 0.3) is 0 Å². The highest BCUT2D eigenvalue weighted by atomic mass is 16.6. The van der Waals surface area contributed by atoms with Crippen molar-refractivity contribution >= 4 is 11.7 Å². The first-order valence-corrected chi connectivity index (χ1v) is 15.9. The van der Waals surface area contributed by atoms with Crippen LogP contribution in [-0.4, -0.2) is 125 Å². The zero-order chi connectivity index (χ0) is 31.8. The molecule has 0 aromatic heterocycles. The maximum atomic E-state index is 12.0. The Hall–Kier alpha value is -2.03. The monoisotopic (exact) mass is 631 g/mol. The smallest absolute Gasteiger partial charge is 0.308 e. The number of unbranched alkanes of at least 4 members (excludes halogenated alkanes) is 1. The molecule has 0 heterocycles. The summed E-state index contributed by atoms with van der Waals surface area (Å²) < 4.78 is 54.6. The van der Waals surface area contributed by atoms with Crippen molar-refractivity contribution in [1.82, 2.24) is 0 Å². The third-order valence-corrected chi connectivity index (χ3v) is 6.21. The Morgan fingerprint density at radius 3 is 1.36 bits per heavy atom. The minimum Gasteiger partial charge on any atom is -0.489 e. The van der Waals surface area contributed by atoms with Crippen LogP contribution in [0.15, 0.2) is 24.3 Å². The summed E-state index contributed by atoms with van der Waals surface area (Å²) in [5.74, 6) is 0.544. The van der Waals surface area contributed by atoms with Crippen LogP contribution in [0.1, 0.15) is 39.5 Å². The molecule has 0 fully saturated rings. The summed E-state index contributed by atoms with van der Waals surface area (Å²) in [6.07, 6.45) is 3.83. The van der Waals surface area contributed by atoms with Gasteiger partial charge in [-0.1, -0.05) is 38.8 Å². The molecule has 0 bridgehead atoms. The van der Waals surface area contributed by atoms with Gasteiger partial charge in [0, 0.05) is 0 Å². The summed E-state index contributed by atoms with van der Waals surface area (Å²) in [7, 11) is 0. The van der Waals surface area contributed by atoms with Crippen molar-refractivity contribution in [3.8, 4) is 5.75 Å². The predicted molar refractivity (Wildman–Crippen MR) is 167 cm³/mol. The van der Waals surface area contributed by atoms with Gasteiger partial charge in [-0.05, 0) is 25.0 Å². The van der Waals surface area contributed by atoms with Crippen molar-refractivity contribution in [2.45, 2.75) is 39.5 Å². The maximum absolute atomic E-state index is 12.0. The van der Waals surface area contributed by atoms with Crippen molar-refractivity contribution < 1.29 is 52.2 Å². The highest BCUT2D eigenvalue weighted by Crippen LogP contribution is 2.19. The molecule has 0 spiro atoms. The molecular formula is C32H57NO11. The number of nitrogen functional groups attached to an aromatic ring is 1. The highest BCUT2D eigenvalue weighted by Gasteiger charge is 2.16. The molecule has 1 rings (SSSR count). The van der Waals surface area contributed by atoms with Gasteiger partial charge in [-0.2, -0.15) is 0 Å². The Bertz CT molecular complexity index is 771. The van der Waals surface area contributed by atoms with E-state index in [0.29, 0.717) is 124 Å². The fourth-order valence-electron chi connectivity index (χ4n) is 3.72. The van der Waals surface area contributed by atoms with Crippen LogP contribution in [0.3, 0.4) is 0 Å². The van der Waals surface area contributed by atoms with E-state index in [0.717, 1.165) is 25.7 Å². The minimum absolute atomic E-state index is 0.00296. The van der Waals surface area contributed by atoms with Gasteiger partial charge in [0.2, 0.25) is 0 Å². The number of anilines is 1. The van der Waals surface area contributed by atoms with Crippen LogP contribution in [0.4, 0.5) is 5.69 Å². The summed E-state index contributed by atoms with van der Waals surface area (Å²) in [6, 6.07) is 7.37. The van der Waals surface area contributed by atoms with Gasteiger partial charge < -0.3 is 53.1 Å². The topological polar surface area (TPSA) is 135 Å². The van der Waals surface area contributed by atoms with Crippen LogP contribution in [-0.2, 0) is 47.4 Å². The molecule has 1 aromatic rings. The number of rotatable bonds is 33. The molecule has 0 aliphatic carbocycles. The van der Waals surface area contributed by atoms with Crippen molar-refractivity contribution in [2.75, 3.05) is 125 Å². The van der Waals surface area contributed by atoms with E-state index >= 15 is 0 Å². The van der Waals surface area contributed by atoms with Gasteiger partial charge in [0.25, 0.3) is 0 Å². The first-order valence-electron chi connectivity index (χ1n) is 15.9. The molecule has 1 atom stereocenters. The molecule has 12 heteroatoms. The highest BCUT2D eigenvalue weighted by molar-refractivity contribution is 5.72. The lowest BCUT2D eigenvalue weighted by Gasteiger charge is -2.13. The van der Waals surface area contributed by atoms with E-state index in [1.807, 2.05) is 25.1 Å². The van der Waals surface area contributed by atoms with Gasteiger partial charge in [0.1, 0.15) is 19.0 Å². The number of hydrogen-bond acceptors (Lipinski definition) is 12. The van der Waals surface area contributed by atoms with Crippen molar-refractivity contribution in [1.29, 1.82) is 0 Å². The molecule has 12 nitrogen and oxygen atoms in total. The zero-order valence-electron chi connectivity index (χ0n) is 27.0. The van der Waals surface area contributed by atoms with E-state index in [1.165, 1.54) is 0 Å². The molecule has 1 aromatic carbocycles. The molecule has 0 aliphatic rings. The molecule has 0 saturated heterocycles. The second-order valence-electron chi connectivity index (χ2n) is 9.70. The van der Waals surface area contributed by atoms with Gasteiger partial charge in [-0.25, -0.2) is 0 Å². The first kappa shape index (κ1) is 40.0. The predicted octanol–water partition coefficient (Wildman–Crippen LogP) is 3.54. The zero-order valence-corrected chi connectivity index (χ0v) is 27.0. The lowest BCUT2D eigenvalue weighted by molar-refractivity contribution is -0.150. The maximum Gasteiger partial charge on any atom is 0.308 e. The van der Waals surface area contributed by atoms with Crippen molar-refractivity contribution in [3.63, 3.8) is 0 Å². The summed E-state index contributed by atoms with van der Waals surface area (Å²) >= 11 is 0. The normalized spacial score (nSPS) is 12.0. The molecular weight excluding hydrogens is 574 g/mol. The van der Waals surface area contributed by atoms with Crippen LogP contribution < -0.4 is 10.5 Å². The second-order valence-corrected chi connectivity index (χ2v) is 9.70. The quantitative estimate of drug-likeness (QED) is 0.0691. The molecule has 0 aliphatic heterocycles. The molecule has 44 heavy (non-hydrogen) atoms. The van der Waals surface area contributed by atoms with E-state index in [9.17, 15) is 4.79 Å². The average Bonchev–Trinajstić information content (AvgIpc) is 3.03. The Morgan fingerprint density at radius 2 is 0.977 bits per heavy atom. The minimum atomic E-state index is -0.120. The lowest BCUT2D eigenvalue weighted by Crippen LogP contribution is -2.20. The van der Waals surface area contributed by atoms with Gasteiger partial charge in [-0.15, -0.1) is 0 Å². The third kappa shape index (κ3) is 24.3. The van der Waals surface area contributed by atoms with E-state index in [2.05, 4.69) is 6.92 Å². The molecule has 0 amide bonds. The lowest BCUT2D eigenvalue weighted by atomic mass is 10.00. The van der Waals surface area contributed by atoms with Crippen LogP contribution in [0.5, 0.6) is 5.75 Å². The first-order chi connectivity index (χ1) is 21.7. The standard InChI is InChI=1S/C32H57NO11/c1-3-5-8-29(4-2)32(34)44-28-26-42-24-22-40-20-18-38-16-14-36-12-11-35-13-15-37-17-19-39-21-23-41-25-27-43-31-10-7-6-9-30(31)33/h6-7,9-10,29H,3-5,8,11-28,33H2,1-2H3. The van der Waals surface area contributed by atoms with Crippen LogP contribution in [0.2, 0.25) is 0 Å². The number of carbonyl (C=O) groups excluding carboxylic acids is 1. The number of para-hydroxylation sites is 2. The number of benzene rings is 1. The van der Waals surface area contributed by atoms with E-state index < -0.39 is 0 Å². The number of hydrogen-bond donors (Lipinski definition) is 1. The molecule has 1 unspecified atom stereocenters.